The lowest BCUT2D eigenvalue weighted by molar-refractivity contribution is 0.0696. The molecule has 1 heterocycles. The highest BCUT2D eigenvalue weighted by Gasteiger charge is 2.30. The van der Waals surface area contributed by atoms with Crippen LogP contribution >= 0.6 is 38.9 Å². The molecule has 0 radical (unpaired) electrons. The summed E-state index contributed by atoms with van der Waals surface area (Å²) in [5.74, 6) is -1.14. The molecule has 0 atom stereocenters. The Morgan fingerprint density at radius 3 is 2.51 bits per heavy atom. The lowest BCUT2D eigenvalue weighted by Crippen LogP contribution is -2.28. The zero-order chi connectivity index (χ0) is 25.9. The van der Waals surface area contributed by atoms with Crippen molar-refractivity contribution >= 4 is 72.1 Å². The van der Waals surface area contributed by atoms with Gasteiger partial charge in [-0.3, -0.25) is 9.10 Å². The molecule has 2 aromatic carbocycles. The molecule has 0 spiro atoms. The van der Waals surface area contributed by atoms with E-state index in [1.165, 1.54) is 44.5 Å². The lowest BCUT2D eigenvalue weighted by Gasteiger charge is -2.21. The summed E-state index contributed by atoms with van der Waals surface area (Å²) < 4.78 is 39.2. The van der Waals surface area contributed by atoms with E-state index in [0.717, 1.165) is 15.6 Å². The molecule has 3 aromatic rings. The van der Waals surface area contributed by atoms with E-state index in [0.29, 0.717) is 22.6 Å². The summed E-state index contributed by atoms with van der Waals surface area (Å²) >= 11 is 10.1. The predicted octanol–water partition coefficient (Wildman–Crippen LogP) is 5.35. The molecular formula is C22H20BrClN2O7S2. The van der Waals surface area contributed by atoms with Gasteiger partial charge in [0, 0.05) is 23.3 Å². The number of benzene rings is 2. The number of methoxy groups -OCH3 is 1. The SMILES string of the molecule is CCOc1ccc(N(C)S(=O)(=O)c2cc(Cl)sc2C(=O)Nc2cc(Br)cc(C(=O)O)c2)cc1OC. The quantitative estimate of drug-likeness (QED) is 0.338. The van der Waals surface area contributed by atoms with Gasteiger partial charge in [0.2, 0.25) is 0 Å². The molecule has 9 nitrogen and oxygen atoms in total. The fourth-order valence-electron chi connectivity index (χ4n) is 3.08. The van der Waals surface area contributed by atoms with Crippen molar-refractivity contribution in [1.29, 1.82) is 0 Å². The largest absolute Gasteiger partial charge is 0.493 e. The number of rotatable bonds is 9. The first kappa shape index (κ1) is 26.8. The van der Waals surface area contributed by atoms with Gasteiger partial charge in [-0.05, 0) is 43.3 Å². The number of anilines is 2. The molecule has 0 aliphatic carbocycles. The average molecular weight is 604 g/mol. The van der Waals surface area contributed by atoms with Crippen molar-refractivity contribution < 1.29 is 32.6 Å². The van der Waals surface area contributed by atoms with Crippen molar-refractivity contribution in [2.75, 3.05) is 30.4 Å². The number of nitrogens with zero attached hydrogens (tertiary/aromatic N) is 1. The molecule has 186 valence electrons. The summed E-state index contributed by atoms with van der Waals surface area (Å²) in [5.41, 5.74) is 0.382. The van der Waals surface area contributed by atoms with Gasteiger partial charge in [0.15, 0.2) is 11.5 Å². The fraction of sp³-hybridized carbons (Fsp3) is 0.182. The second-order valence-corrected chi connectivity index (χ2v) is 11.5. The summed E-state index contributed by atoms with van der Waals surface area (Å²) in [6, 6.07) is 9.96. The van der Waals surface area contributed by atoms with Gasteiger partial charge in [-0.2, -0.15) is 0 Å². The van der Waals surface area contributed by atoms with Crippen LogP contribution in [0.1, 0.15) is 27.0 Å². The van der Waals surface area contributed by atoms with E-state index >= 15 is 0 Å². The van der Waals surface area contributed by atoms with Gasteiger partial charge in [0.25, 0.3) is 15.9 Å². The minimum atomic E-state index is -4.22. The maximum absolute atomic E-state index is 13.5. The summed E-state index contributed by atoms with van der Waals surface area (Å²) in [4.78, 5) is 23.9. The van der Waals surface area contributed by atoms with Crippen LogP contribution in [0.15, 0.2) is 51.8 Å². The van der Waals surface area contributed by atoms with E-state index in [9.17, 15) is 23.1 Å². The van der Waals surface area contributed by atoms with Crippen LogP contribution in [0.4, 0.5) is 11.4 Å². The van der Waals surface area contributed by atoms with Crippen LogP contribution in [-0.2, 0) is 10.0 Å². The minimum Gasteiger partial charge on any atom is -0.493 e. The predicted molar refractivity (Wildman–Crippen MR) is 138 cm³/mol. The summed E-state index contributed by atoms with van der Waals surface area (Å²) in [7, 11) is -1.44. The zero-order valence-corrected chi connectivity index (χ0v) is 22.6. The van der Waals surface area contributed by atoms with E-state index in [1.54, 1.807) is 12.1 Å². The average Bonchev–Trinajstić information content (AvgIpc) is 3.21. The van der Waals surface area contributed by atoms with Crippen molar-refractivity contribution in [3.63, 3.8) is 0 Å². The molecule has 0 saturated heterocycles. The van der Waals surface area contributed by atoms with Gasteiger partial charge >= 0.3 is 5.97 Å². The van der Waals surface area contributed by atoms with Crippen molar-refractivity contribution in [2.45, 2.75) is 11.8 Å². The zero-order valence-electron chi connectivity index (χ0n) is 18.7. The van der Waals surface area contributed by atoms with Crippen LogP contribution in [0.2, 0.25) is 4.34 Å². The molecule has 2 N–H and O–H groups in total. The van der Waals surface area contributed by atoms with E-state index in [1.807, 2.05) is 6.92 Å². The third kappa shape index (κ3) is 5.89. The number of aromatic carboxylic acids is 1. The summed E-state index contributed by atoms with van der Waals surface area (Å²) in [5, 5.41) is 11.8. The molecule has 0 unspecified atom stereocenters. The monoisotopic (exact) mass is 602 g/mol. The third-order valence-corrected chi connectivity index (χ3v) is 8.39. The third-order valence-electron chi connectivity index (χ3n) is 4.73. The number of thiophene rings is 1. The molecule has 1 amide bonds. The first-order valence-electron chi connectivity index (χ1n) is 9.92. The summed E-state index contributed by atoms with van der Waals surface area (Å²) in [6.07, 6.45) is 0. The van der Waals surface area contributed by atoms with Gasteiger partial charge in [0.1, 0.15) is 9.77 Å². The molecule has 0 saturated carbocycles. The van der Waals surface area contributed by atoms with Crippen molar-refractivity contribution in [2.24, 2.45) is 0 Å². The number of carboxylic acids is 1. The second kappa shape index (κ2) is 10.9. The Labute approximate surface area is 219 Å². The van der Waals surface area contributed by atoms with Crippen LogP contribution in [-0.4, -0.2) is 46.2 Å². The highest BCUT2D eigenvalue weighted by atomic mass is 79.9. The van der Waals surface area contributed by atoms with Crippen LogP contribution in [0.5, 0.6) is 11.5 Å². The van der Waals surface area contributed by atoms with Crippen molar-refractivity contribution in [3.8, 4) is 11.5 Å². The van der Waals surface area contributed by atoms with E-state index in [-0.39, 0.29) is 31.0 Å². The molecule has 3 rings (SSSR count). The highest BCUT2D eigenvalue weighted by molar-refractivity contribution is 9.10. The smallest absolute Gasteiger partial charge is 0.335 e. The Bertz CT molecular complexity index is 1390. The summed E-state index contributed by atoms with van der Waals surface area (Å²) in [6.45, 7) is 2.22. The molecule has 35 heavy (non-hydrogen) atoms. The number of carboxylic acid groups (broad SMARTS) is 1. The maximum atomic E-state index is 13.5. The normalized spacial score (nSPS) is 11.1. The number of hydrogen-bond donors (Lipinski definition) is 2. The van der Waals surface area contributed by atoms with Crippen LogP contribution in [0.3, 0.4) is 0 Å². The molecule has 0 bridgehead atoms. The van der Waals surface area contributed by atoms with Gasteiger partial charge in [-0.25, -0.2) is 13.2 Å². The molecular weight excluding hydrogens is 584 g/mol. The number of nitrogens with one attached hydrogen (secondary N) is 1. The molecule has 0 aliphatic heterocycles. The van der Waals surface area contributed by atoms with E-state index in [4.69, 9.17) is 21.1 Å². The number of carbonyl (C=O) groups is 2. The highest BCUT2D eigenvalue weighted by Crippen LogP contribution is 2.37. The van der Waals surface area contributed by atoms with Crippen molar-refractivity contribution in [3.05, 3.63) is 61.7 Å². The number of ether oxygens (including phenoxy) is 2. The lowest BCUT2D eigenvalue weighted by atomic mass is 10.2. The van der Waals surface area contributed by atoms with E-state index in [2.05, 4.69) is 21.2 Å². The first-order valence-corrected chi connectivity index (χ1v) is 13.3. The van der Waals surface area contributed by atoms with Gasteiger partial charge in [0.05, 0.1) is 29.3 Å². The van der Waals surface area contributed by atoms with Crippen molar-refractivity contribution in [1.82, 2.24) is 0 Å². The molecule has 0 aliphatic rings. The molecule has 0 fully saturated rings. The van der Waals surface area contributed by atoms with Gasteiger partial charge in [-0.15, -0.1) is 11.3 Å². The van der Waals surface area contributed by atoms with E-state index < -0.39 is 21.9 Å². The molecule has 13 heteroatoms. The topological polar surface area (TPSA) is 122 Å². The number of halogens is 2. The Balaban J connectivity index is 1.97. The van der Waals surface area contributed by atoms with Crippen LogP contribution < -0.4 is 19.1 Å². The maximum Gasteiger partial charge on any atom is 0.335 e. The Morgan fingerprint density at radius 2 is 1.89 bits per heavy atom. The fourth-order valence-corrected chi connectivity index (χ4v) is 6.45. The Kier molecular flexibility index (Phi) is 8.31. The standard InChI is InChI=1S/C22H20BrClN2O7S2/c1-4-33-16-6-5-15(10-17(16)32-3)26(2)35(30,31)18-11-19(24)34-20(18)21(27)25-14-8-12(22(28)29)7-13(23)9-14/h5-11H,4H2,1-3H3,(H,25,27)(H,28,29). The molecule has 1 aromatic heterocycles. The first-order chi connectivity index (χ1) is 16.5. The number of carbonyl (C=O) groups excluding carboxylic acids is 1. The number of amides is 1. The van der Waals surface area contributed by atoms with Gasteiger partial charge in [-0.1, -0.05) is 27.5 Å². The number of sulfonamides is 1. The number of hydrogen-bond acceptors (Lipinski definition) is 7. The van der Waals surface area contributed by atoms with Crippen LogP contribution in [0, 0.1) is 0 Å². The second-order valence-electron chi connectivity index (χ2n) is 6.97. The van der Waals surface area contributed by atoms with Crippen LogP contribution in [0.25, 0.3) is 0 Å². The minimum absolute atomic E-state index is 0.0593. The van der Waals surface area contributed by atoms with Gasteiger partial charge < -0.3 is 19.9 Å². The Hall–Kier alpha value is -2.80. The Morgan fingerprint density at radius 1 is 1.17 bits per heavy atom.